The molecule has 3 heterocycles. The summed E-state index contributed by atoms with van der Waals surface area (Å²) < 4.78 is 6.72. The monoisotopic (exact) mass is 344 g/mol. The lowest BCUT2D eigenvalue weighted by Gasteiger charge is -2.28. The van der Waals surface area contributed by atoms with E-state index in [9.17, 15) is 4.79 Å². The summed E-state index contributed by atoms with van der Waals surface area (Å²) in [5, 5.41) is 1.05. The largest absolute Gasteiger partial charge is 0.494 e. The first-order valence-corrected chi connectivity index (χ1v) is 9.68. The Hall–Kier alpha value is -1.59. The summed E-state index contributed by atoms with van der Waals surface area (Å²) in [6.45, 7) is 4.27. The molecule has 128 valence electrons. The lowest BCUT2D eigenvalue weighted by molar-refractivity contribution is 0.0711. The molecule has 1 amide bonds. The highest BCUT2D eigenvalue weighted by Gasteiger charge is 2.33. The van der Waals surface area contributed by atoms with Crippen LogP contribution in [0.2, 0.25) is 0 Å². The molecule has 1 aromatic carbocycles. The van der Waals surface area contributed by atoms with Gasteiger partial charge in [0.1, 0.15) is 10.6 Å². The van der Waals surface area contributed by atoms with Crippen molar-refractivity contribution < 1.29 is 9.53 Å². The fraction of sp³-hybridized carbons (Fsp3) is 0.526. The highest BCUT2D eigenvalue weighted by atomic mass is 32.1. The lowest BCUT2D eigenvalue weighted by Crippen LogP contribution is -2.42. The smallest absolute Gasteiger partial charge is 0.268 e. The van der Waals surface area contributed by atoms with Gasteiger partial charge in [0.05, 0.1) is 7.11 Å². The van der Waals surface area contributed by atoms with E-state index in [4.69, 9.17) is 4.74 Å². The fourth-order valence-corrected chi connectivity index (χ4v) is 5.18. The summed E-state index contributed by atoms with van der Waals surface area (Å²) >= 11 is 1.56. The minimum absolute atomic E-state index is 0.148. The minimum atomic E-state index is 0.148. The molecule has 5 heteroatoms. The number of likely N-dealkylation sites (tertiary alicyclic amines) is 2. The summed E-state index contributed by atoms with van der Waals surface area (Å²) in [6, 6.07) is 8.46. The van der Waals surface area contributed by atoms with E-state index in [-0.39, 0.29) is 5.91 Å². The van der Waals surface area contributed by atoms with Gasteiger partial charge in [-0.3, -0.25) is 4.79 Å². The number of ether oxygens (including phenoxy) is 1. The number of fused-ring (bicyclic) bond motifs is 1. The Morgan fingerprint density at radius 2 is 2.00 bits per heavy atom. The standard InChI is InChI=1S/C19H24N2O2S/c1-23-17-15-8-2-3-9-16(15)24-18(17)19(22)21-12-6-7-14(21)13-20-10-4-5-11-20/h2-3,8-9,14H,4-7,10-13H2,1H3/t14-/m0/s1. The van der Waals surface area contributed by atoms with Crippen molar-refractivity contribution in [3.05, 3.63) is 29.1 Å². The molecule has 2 fully saturated rings. The lowest BCUT2D eigenvalue weighted by atomic mass is 10.2. The number of hydrogen-bond donors (Lipinski definition) is 0. The van der Waals surface area contributed by atoms with Crippen LogP contribution in [0, 0.1) is 0 Å². The van der Waals surface area contributed by atoms with Crippen LogP contribution in [0.4, 0.5) is 0 Å². The molecule has 0 saturated carbocycles. The number of methoxy groups -OCH3 is 1. The third kappa shape index (κ3) is 2.80. The third-order valence-electron chi connectivity index (χ3n) is 5.25. The highest BCUT2D eigenvalue weighted by molar-refractivity contribution is 7.21. The summed E-state index contributed by atoms with van der Waals surface area (Å²) in [6.07, 6.45) is 4.82. The molecule has 0 bridgehead atoms. The van der Waals surface area contributed by atoms with Crippen LogP contribution in [-0.2, 0) is 0 Å². The van der Waals surface area contributed by atoms with Crippen molar-refractivity contribution >= 4 is 27.3 Å². The zero-order valence-electron chi connectivity index (χ0n) is 14.2. The van der Waals surface area contributed by atoms with Crippen LogP contribution in [0.3, 0.4) is 0 Å². The summed E-state index contributed by atoms with van der Waals surface area (Å²) in [7, 11) is 1.66. The van der Waals surface area contributed by atoms with Crippen molar-refractivity contribution in [2.75, 3.05) is 33.3 Å². The molecular formula is C19H24N2O2S. The van der Waals surface area contributed by atoms with Gasteiger partial charge in [0, 0.05) is 29.2 Å². The predicted molar refractivity (Wildman–Crippen MR) is 98.1 cm³/mol. The van der Waals surface area contributed by atoms with Crippen molar-refractivity contribution in [1.29, 1.82) is 0 Å². The van der Waals surface area contributed by atoms with Crippen molar-refractivity contribution in [3.63, 3.8) is 0 Å². The first-order valence-electron chi connectivity index (χ1n) is 8.87. The van der Waals surface area contributed by atoms with Gasteiger partial charge >= 0.3 is 0 Å². The Morgan fingerprint density at radius 1 is 1.21 bits per heavy atom. The Labute approximate surface area is 147 Å². The van der Waals surface area contributed by atoms with Gasteiger partial charge in [0.2, 0.25) is 0 Å². The topological polar surface area (TPSA) is 32.8 Å². The molecule has 24 heavy (non-hydrogen) atoms. The summed E-state index contributed by atoms with van der Waals surface area (Å²) in [5.41, 5.74) is 0. The zero-order valence-corrected chi connectivity index (χ0v) is 15.0. The number of carbonyl (C=O) groups is 1. The quantitative estimate of drug-likeness (QED) is 0.849. The van der Waals surface area contributed by atoms with Gasteiger partial charge in [-0.2, -0.15) is 0 Å². The van der Waals surface area contributed by atoms with Crippen molar-refractivity contribution in [1.82, 2.24) is 9.80 Å². The third-order valence-corrected chi connectivity index (χ3v) is 6.39. The van der Waals surface area contributed by atoms with Crippen LogP contribution in [-0.4, -0.2) is 55.0 Å². The first kappa shape index (κ1) is 15.9. The molecule has 2 aliphatic rings. The molecule has 2 saturated heterocycles. The molecule has 4 rings (SSSR count). The minimum Gasteiger partial charge on any atom is -0.494 e. The SMILES string of the molecule is COc1c(C(=O)N2CCC[C@H]2CN2CCCC2)sc2ccccc12. The van der Waals surface area contributed by atoms with Gasteiger partial charge < -0.3 is 14.5 Å². The van der Waals surface area contributed by atoms with E-state index < -0.39 is 0 Å². The van der Waals surface area contributed by atoms with Crippen molar-refractivity contribution in [2.45, 2.75) is 31.7 Å². The summed E-state index contributed by atoms with van der Waals surface area (Å²) in [5.74, 6) is 0.891. The van der Waals surface area contributed by atoms with E-state index in [2.05, 4.69) is 15.9 Å². The predicted octanol–water partition coefficient (Wildman–Crippen LogP) is 3.61. The van der Waals surface area contributed by atoms with E-state index in [0.717, 1.165) is 46.6 Å². The normalized spacial score (nSPS) is 21.7. The Morgan fingerprint density at radius 3 is 2.79 bits per heavy atom. The van der Waals surface area contributed by atoms with E-state index in [1.807, 2.05) is 18.2 Å². The van der Waals surface area contributed by atoms with Crippen LogP contribution in [0.5, 0.6) is 5.75 Å². The van der Waals surface area contributed by atoms with Gasteiger partial charge in [-0.05, 0) is 50.9 Å². The highest BCUT2D eigenvalue weighted by Crippen LogP contribution is 2.39. The first-order chi connectivity index (χ1) is 11.8. The molecule has 2 aromatic rings. The number of thiophene rings is 1. The number of amides is 1. The number of nitrogens with zero attached hydrogens (tertiary/aromatic N) is 2. The number of rotatable bonds is 4. The number of hydrogen-bond acceptors (Lipinski definition) is 4. The molecule has 0 N–H and O–H groups in total. The van der Waals surface area contributed by atoms with Gasteiger partial charge in [-0.15, -0.1) is 11.3 Å². The van der Waals surface area contributed by atoms with Gasteiger partial charge in [0.15, 0.2) is 0 Å². The Kier molecular flexibility index (Phi) is 4.46. The molecule has 2 aliphatic heterocycles. The second kappa shape index (κ2) is 6.73. The number of benzene rings is 1. The van der Waals surface area contributed by atoms with Crippen molar-refractivity contribution in [3.8, 4) is 5.75 Å². The van der Waals surface area contributed by atoms with Gasteiger partial charge in [0.25, 0.3) is 5.91 Å². The van der Waals surface area contributed by atoms with Gasteiger partial charge in [-0.1, -0.05) is 12.1 Å². The Balaban J connectivity index is 1.60. The van der Waals surface area contributed by atoms with Crippen LogP contribution >= 0.6 is 11.3 Å². The van der Waals surface area contributed by atoms with Crippen LogP contribution < -0.4 is 4.74 Å². The van der Waals surface area contributed by atoms with Crippen LogP contribution in [0.25, 0.3) is 10.1 Å². The molecule has 0 aliphatic carbocycles. The fourth-order valence-electron chi connectivity index (χ4n) is 4.05. The maximum absolute atomic E-state index is 13.2. The second-order valence-corrected chi connectivity index (χ2v) is 7.82. The average molecular weight is 344 g/mol. The molecule has 0 spiro atoms. The van der Waals surface area contributed by atoms with Crippen LogP contribution in [0.15, 0.2) is 24.3 Å². The van der Waals surface area contributed by atoms with E-state index in [1.54, 1.807) is 18.4 Å². The molecule has 0 radical (unpaired) electrons. The number of carbonyl (C=O) groups excluding carboxylic acids is 1. The van der Waals surface area contributed by atoms with E-state index in [0.29, 0.717) is 6.04 Å². The molecule has 1 aromatic heterocycles. The molecule has 4 nitrogen and oxygen atoms in total. The van der Waals surface area contributed by atoms with Crippen molar-refractivity contribution in [2.24, 2.45) is 0 Å². The zero-order chi connectivity index (χ0) is 16.5. The average Bonchev–Trinajstić information content (AvgIpc) is 3.33. The molecule has 0 unspecified atom stereocenters. The summed E-state index contributed by atoms with van der Waals surface area (Å²) in [4.78, 5) is 18.6. The maximum Gasteiger partial charge on any atom is 0.268 e. The van der Waals surface area contributed by atoms with Crippen LogP contribution in [0.1, 0.15) is 35.4 Å². The Bertz CT molecular complexity index is 736. The second-order valence-electron chi connectivity index (χ2n) is 6.76. The van der Waals surface area contributed by atoms with E-state index in [1.165, 1.54) is 25.9 Å². The maximum atomic E-state index is 13.2. The van der Waals surface area contributed by atoms with Gasteiger partial charge in [-0.25, -0.2) is 0 Å². The van der Waals surface area contributed by atoms with E-state index >= 15 is 0 Å². The molecular weight excluding hydrogens is 320 g/mol. The molecule has 1 atom stereocenters.